The molecule has 2 amide bonds. The Morgan fingerprint density at radius 3 is 2.87 bits per heavy atom. The molecule has 1 fully saturated rings. The average Bonchev–Trinajstić information content (AvgIpc) is 3.22. The molecule has 6 heteroatoms. The SMILES string of the molecule is C[C@H](c1nc2ccccc2s1)N(C)C(=O)NCCN1CCCC1. The van der Waals surface area contributed by atoms with Crippen LogP contribution < -0.4 is 5.32 Å². The number of nitrogens with zero attached hydrogens (tertiary/aromatic N) is 3. The molecule has 2 heterocycles. The number of carbonyl (C=O) groups is 1. The van der Waals surface area contributed by atoms with Crippen molar-refractivity contribution in [2.24, 2.45) is 0 Å². The van der Waals surface area contributed by atoms with Crippen molar-refractivity contribution in [2.75, 3.05) is 33.2 Å². The molecule has 5 nitrogen and oxygen atoms in total. The highest BCUT2D eigenvalue weighted by Crippen LogP contribution is 2.28. The van der Waals surface area contributed by atoms with E-state index in [9.17, 15) is 4.79 Å². The van der Waals surface area contributed by atoms with Gasteiger partial charge in [0.25, 0.3) is 0 Å². The van der Waals surface area contributed by atoms with Gasteiger partial charge in [0.05, 0.1) is 16.3 Å². The standard InChI is InChI=1S/C17H24N4OS/c1-13(16-19-14-7-3-4-8-15(14)23-16)20(2)17(22)18-9-12-21-10-5-6-11-21/h3-4,7-8,13H,5-6,9-12H2,1-2H3,(H,18,22)/t13-/m1/s1. The molecule has 0 bridgehead atoms. The van der Waals surface area contributed by atoms with Crippen LogP contribution in [0.3, 0.4) is 0 Å². The Labute approximate surface area is 141 Å². The van der Waals surface area contributed by atoms with Crippen molar-refractivity contribution in [2.45, 2.75) is 25.8 Å². The zero-order valence-electron chi connectivity index (χ0n) is 13.8. The van der Waals surface area contributed by atoms with E-state index in [0.29, 0.717) is 6.54 Å². The largest absolute Gasteiger partial charge is 0.337 e. The Bertz CT molecular complexity index is 632. The van der Waals surface area contributed by atoms with Gasteiger partial charge in [-0.05, 0) is 45.0 Å². The average molecular weight is 332 g/mol. The first kappa shape index (κ1) is 16.2. The second-order valence-corrected chi connectivity index (χ2v) is 7.15. The topological polar surface area (TPSA) is 48.5 Å². The summed E-state index contributed by atoms with van der Waals surface area (Å²) in [5.74, 6) is 0. The summed E-state index contributed by atoms with van der Waals surface area (Å²) in [5.41, 5.74) is 1.00. The molecule has 23 heavy (non-hydrogen) atoms. The quantitative estimate of drug-likeness (QED) is 0.915. The van der Waals surface area contributed by atoms with Gasteiger partial charge in [0.15, 0.2) is 0 Å². The summed E-state index contributed by atoms with van der Waals surface area (Å²) in [6, 6.07) is 8.03. The smallest absolute Gasteiger partial charge is 0.317 e. The first-order valence-electron chi connectivity index (χ1n) is 8.23. The van der Waals surface area contributed by atoms with Crippen molar-refractivity contribution in [3.8, 4) is 0 Å². The van der Waals surface area contributed by atoms with E-state index >= 15 is 0 Å². The van der Waals surface area contributed by atoms with Crippen LogP contribution >= 0.6 is 11.3 Å². The van der Waals surface area contributed by atoms with E-state index in [4.69, 9.17) is 0 Å². The Balaban J connectivity index is 1.55. The summed E-state index contributed by atoms with van der Waals surface area (Å²) in [5, 5.41) is 3.99. The molecule has 0 unspecified atom stereocenters. The summed E-state index contributed by atoms with van der Waals surface area (Å²) in [7, 11) is 1.84. The third-order valence-corrected chi connectivity index (χ3v) is 5.68. The normalized spacial score (nSPS) is 16.6. The number of aromatic nitrogens is 1. The number of para-hydroxylation sites is 1. The third kappa shape index (κ3) is 3.82. The fourth-order valence-electron chi connectivity index (χ4n) is 2.86. The molecule has 0 spiro atoms. The van der Waals surface area contributed by atoms with Gasteiger partial charge in [-0.2, -0.15) is 0 Å². The fraction of sp³-hybridized carbons (Fsp3) is 0.529. The van der Waals surface area contributed by atoms with E-state index in [0.717, 1.165) is 34.9 Å². The van der Waals surface area contributed by atoms with Crippen LogP contribution in [0.15, 0.2) is 24.3 Å². The minimum absolute atomic E-state index is 0.0285. The van der Waals surface area contributed by atoms with E-state index < -0.39 is 0 Å². The lowest BCUT2D eigenvalue weighted by Gasteiger charge is -2.24. The lowest BCUT2D eigenvalue weighted by Crippen LogP contribution is -2.41. The third-order valence-electron chi connectivity index (χ3n) is 4.47. The summed E-state index contributed by atoms with van der Waals surface area (Å²) in [6.07, 6.45) is 2.56. The fourth-order valence-corrected chi connectivity index (χ4v) is 3.92. The van der Waals surface area contributed by atoms with Crippen LogP contribution in [-0.4, -0.2) is 54.0 Å². The molecule has 3 rings (SSSR count). The molecular weight excluding hydrogens is 308 g/mol. The van der Waals surface area contributed by atoms with Crippen molar-refractivity contribution < 1.29 is 4.79 Å². The minimum Gasteiger partial charge on any atom is -0.337 e. The Morgan fingerprint density at radius 1 is 1.39 bits per heavy atom. The molecule has 1 aliphatic rings. The van der Waals surface area contributed by atoms with Crippen LogP contribution in [0, 0.1) is 0 Å². The highest BCUT2D eigenvalue weighted by Gasteiger charge is 2.20. The van der Waals surface area contributed by atoms with Gasteiger partial charge in [-0.25, -0.2) is 9.78 Å². The number of urea groups is 1. The second-order valence-electron chi connectivity index (χ2n) is 6.09. The Hall–Kier alpha value is -1.66. The van der Waals surface area contributed by atoms with E-state index in [2.05, 4.69) is 21.3 Å². The maximum absolute atomic E-state index is 12.3. The van der Waals surface area contributed by atoms with Crippen LogP contribution in [0.1, 0.15) is 30.8 Å². The molecule has 1 aromatic carbocycles. The number of carbonyl (C=O) groups excluding carboxylic acids is 1. The van der Waals surface area contributed by atoms with Gasteiger partial charge in [0, 0.05) is 20.1 Å². The van der Waals surface area contributed by atoms with Crippen molar-refractivity contribution in [3.63, 3.8) is 0 Å². The molecule has 1 saturated heterocycles. The van der Waals surface area contributed by atoms with Gasteiger partial charge in [0.1, 0.15) is 5.01 Å². The molecule has 0 aliphatic carbocycles. The predicted octanol–water partition coefficient (Wildman–Crippen LogP) is 3.09. The number of nitrogens with one attached hydrogen (secondary N) is 1. The molecule has 1 aliphatic heterocycles. The summed E-state index contributed by atoms with van der Waals surface area (Å²) in [6.45, 7) is 5.99. The number of hydrogen-bond donors (Lipinski definition) is 1. The van der Waals surface area contributed by atoms with Gasteiger partial charge in [0.2, 0.25) is 0 Å². The highest BCUT2D eigenvalue weighted by molar-refractivity contribution is 7.18. The molecule has 1 N–H and O–H groups in total. The Morgan fingerprint density at radius 2 is 2.13 bits per heavy atom. The summed E-state index contributed by atoms with van der Waals surface area (Å²) >= 11 is 1.65. The lowest BCUT2D eigenvalue weighted by atomic mass is 10.3. The molecule has 0 radical (unpaired) electrons. The number of likely N-dealkylation sites (tertiary alicyclic amines) is 1. The number of thiazole rings is 1. The first-order chi connectivity index (χ1) is 11.1. The van der Waals surface area contributed by atoms with E-state index in [1.807, 2.05) is 32.2 Å². The molecule has 124 valence electrons. The lowest BCUT2D eigenvalue weighted by molar-refractivity contribution is 0.192. The van der Waals surface area contributed by atoms with Crippen LogP contribution in [0.25, 0.3) is 10.2 Å². The van der Waals surface area contributed by atoms with Gasteiger partial charge >= 0.3 is 6.03 Å². The maximum Gasteiger partial charge on any atom is 0.317 e. The number of fused-ring (bicyclic) bond motifs is 1. The maximum atomic E-state index is 12.3. The van der Waals surface area contributed by atoms with E-state index in [-0.39, 0.29) is 12.1 Å². The minimum atomic E-state index is -0.0315. The van der Waals surface area contributed by atoms with Crippen molar-refractivity contribution in [1.82, 2.24) is 20.1 Å². The summed E-state index contributed by atoms with van der Waals surface area (Å²) in [4.78, 5) is 21.1. The molecule has 2 aromatic rings. The van der Waals surface area contributed by atoms with Gasteiger partial charge < -0.3 is 15.1 Å². The van der Waals surface area contributed by atoms with Crippen LogP contribution in [-0.2, 0) is 0 Å². The van der Waals surface area contributed by atoms with Crippen LogP contribution in [0.5, 0.6) is 0 Å². The summed E-state index contributed by atoms with van der Waals surface area (Å²) < 4.78 is 1.16. The van der Waals surface area contributed by atoms with Crippen molar-refractivity contribution in [3.05, 3.63) is 29.3 Å². The molecule has 1 aromatic heterocycles. The molecule has 0 saturated carbocycles. The molecular formula is C17H24N4OS. The monoisotopic (exact) mass is 332 g/mol. The highest BCUT2D eigenvalue weighted by atomic mass is 32.1. The number of amides is 2. The first-order valence-corrected chi connectivity index (χ1v) is 9.05. The molecule has 1 atom stereocenters. The van der Waals surface area contributed by atoms with E-state index in [1.165, 1.54) is 12.8 Å². The number of hydrogen-bond acceptors (Lipinski definition) is 4. The number of benzene rings is 1. The predicted molar refractivity (Wildman–Crippen MR) is 94.9 cm³/mol. The van der Waals surface area contributed by atoms with Crippen molar-refractivity contribution in [1.29, 1.82) is 0 Å². The van der Waals surface area contributed by atoms with Gasteiger partial charge in [-0.3, -0.25) is 0 Å². The van der Waals surface area contributed by atoms with E-state index in [1.54, 1.807) is 16.2 Å². The zero-order chi connectivity index (χ0) is 16.2. The Kier molecular flexibility index (Phi) is 5.13. The van der Waals surface area contributed by atoms with Crippen LogP contribution in [0.2, 0.25) is 0 Å². The second kappa shape index (κ2) is 7.27. The zero-order valence-corrected chi connectivity index (χ0v) is 14.6. The van der Waals surface area contributed by atoms with Crippen LogP contribution in [0.4, 0.5) is 4.79 Å². The van der Waals surface area contributed by atoms with Gasteiger partial charge in [-0.1, -0.05) is 12.1 Å². The van der Waals surface area contributed by atoms with Crippen molar-refractivity contribution >= 4 is 27.6 Å². The number of rotatable bonds is 5. The van der Waals surface area contributed by atoms with Gasteiger partial charge in [-0.15, -0.1) is 11.3 Å².